The molecule has 0 heterocycles. The Balaban J connectivity index is 2.33. The van der Waals surface area contributed by atoms with Crippen LogP contribution in [0.5, 0.6) is 0 Å². The third kappa shape index (κ3) is 3.47. The second-order valence-electron chi connectivity index (χ2n) is 4.56. The summed E-state index contributed by atoms with van der Waals surface area (Å²) >= 11 is 6.10. The number of nitrogens with two attached hydrogens (primary N) is 1. The fourth-order valence-corrected chi connectivity index (χ4v) is 2.07. The maximum atomic E-state index is 11.8. The molecule has 0 aromatic heterocycles. The number of hydrogen-bond acceptors (Lipinski definition) is 4. The van der Waals surface area contributed by atoms with Gasteiger partial charge in [-0.05, 0) is 49.7 Å². The summed E-state index contributed by atoms with van der Waals surface area (Å²) in [6.07, 6.45) is 0. The molecular formula is C16H17ClN2O2. The van der Waals surface area contributed by atoms with E-state index in [4.69, 9.17) is 22.1 Å². The zero-order chi connectivity index (χ0) is 15.4. The Labute approximate surface area is 128 Å². The average Bonchev–Trinajstić information content (AvgIpc) is 2.46. The summed E-state index contributed by atoms with van der Waals surface area (Å²) < 4.78 is 4.99. The van der Waals surface area contributed by atoms with E-state index >= 15 is 0 Å². The summed E-state index contributed by atoms with van der Waals surface area (Å²) in [6.45, 7) is 4.01. The third-order valence-corrected chi connectivity index (χ3v) is 3.51. The first kappa shape index (κ1) is 15.2. The van der Waals surface area contributed by atoms with Gasteiger partial charge in [0.05, 0.1) is 23.5 Å². The van der Waals surface area contributed by atoms with Crippen molar-refractivity contribution in [2.45, 2.75) is 13.8 Å². The van der Waals surface area contributed by atoms with E-state index in [2.05, 4.69) is 5.32 Å². The Morgan fingerprint density at radius 3 is 2.76 bits per heavy atom. The molecule has 0 saturated heterocycles. The highest BCUT2D eigenvalue weighted by Crippen LogP contribution is 2.29. The molecule has 2 aromatic rings. The molecule has 4 nitrogen and oxygen atoms in total. The predicted molar refractivity (Wildman–Crippen MR) is 86.3 cm³/mol. The van der Waals surface area contributed by atoms with Gasteiger partial charge in [0.2, 0.25) is 0 Å². The highest BCUT2D eigenvalue weighted by Gasteiger charge is 2.10. The molecule has 110 valence electrons. The molecule has 2 aromatic carbocycles. The molecule has 5 heteroatoms. The first-order chi connectivity index (χ1) is 10.0. The van der Waals surface area contributed by atoms with Gasteiger partial charge in [-0.25, -0.2) is 4.79 Å². The van der Waals surface area contributed by atoms with Crippen molar-refractivity contribution in [3.05, 3.63) is 52.5 Å². The summed E-state index contributed by atoms with van der Waals surface area (Å²) in [7, 11) is 0. The standard InChI is InChI=1S/C16H17ClN2O2/c1-3-21-16(20)11-7-8-13(18)15(9-11)19-14-6-4-5-12(17)10(14)2/h4-9,19H,3,18H2,1-2H3. The largest absolute Gasteiger partial charge is 0.462 e. The lowest BCUT2D eigenvalue weighted by Gasteiger charge is -2.13. The lowest BCUT2D eigenvalue weighted by Crippen LogP contribution is -2.06. The van der Waals surface area contributed by atoms with Crippen LogP contribution in [0.15, 0.2) is 36.4 Å². The van der Waals surface area contributed by atoms with Crippen LogP contribution in [-0.4, -0.2) is 12.6 Å². The van der Waals surface area contributed by atoms with Gasteiger partial charge in [-0.3, -0.25) is 0 Å². The van der Waals surface area contributed by atoms with Gasteiger partial charge in [-0.2, -0.15) is 0 Å². The van der Waals surface area contributed by atoms with Crippen LogP contribution in [-0.2, 0) is 4.74 Å². The first-order valence-corrected chi connectivity index (χ1v) is 6.99. The fourth-order valence-electron chi connectivity index (χ4n) is 1.89. The Morgan fingerprint density at radius 1 is 1.29 bits per heavy atom. The molecule has 0 unspecified atom stereocenters. The Bertz CT molecular complexity index is 671. The van der Waals surface area contributed by atoms with Gasteiger partial charge in [-0.15, -0.1) is 0 Å². The van der Waals surface area contributed by atoms with E-state index in [0.29, 0.717) is 28.6 Å². The summed E-state index contributed by atoms with van der Waals surface area (Å²) in [6, 6.07) is 10.6. The van der Waals surface area contributed by atoms with E-state index in [9.17, 15) is 4.79 Å². The SMILES string of the molecule is CCOC(=O)c1ccc(N)c(Nc2cccc(Cl)c2C)c1. The summed E-state index contributed by atoms with van der Waals surface area (Å²) in [5.41, 5.74) is 9.35. The maximum absolute atomic E-state index is 11.8. The number of halogens is 1. The van der Waals surface area contributed by atoms with Crippen molar-refractivity contribution in [3.63, 3.8) is 0 Å². The second kappa shape index (κ2) is 6.50. The highest BCUT2D eigenvalue weighted by molar-refractivity contribution is 6.31. The molecule has 0 saturated carbocycles. The molecule has 21 heavy (non-hydrogen) atoms. The Hall–Kier alpha value is -2.20. The van der Waals surface area contributed by atoms with E-state index in [1.807, 2.05) is 25.1 Å². The van der Waals surface area contributed by atoms with Crippen molar-refractivity contribution < 1.29 is 9.53 Å². The van der Waals surface area contributed by atoms with Gasteiger partial charge in [0, 0.05) is 10.7 Å². The minimum Gasteiger partial charge on any atom is -0.462 e. The Morgan fingerprint density at radius 2 is 2.05 bits per heavy atom. The number of esters is 1. The smallest absolute Gasteiger partial charge is 0.338 e. The van der Waals surface area contributed by atoms with Crippen LogP contribution >= 0.6 is 11.6 Å². The van der Waals surface area contributed by atoms with Crippen LogP contribution in [0.1, 0.15) is 22.8 Å². The normalized spacial score (nSPS) is 10.2. The topological polar surface area (TPSA) is 64.3 Å². The highest BCUT2D eigenvalue weighted by atomic mass is 35.5. The van der Waals surface area contributed by atoms with Crippen LogP contribution in [0.25, 0.3) is 0 Å². The molecule has 0 aliphatic carbocycles. The predicted octanol–water partition coefficient (Wildman–Crippen LogP) is 4.15. The number of hydrogen-bond donors (Lipinski definition) is 2. The fraction of sp³-hybridized carbons (Fsp3) is 0.188. The third-order valence-electron chi connectivity index (χ3n) is 3.10. The van der Waals surface area contributed by atoms with E-state index in [1.165, 1.54) is 0 Å². The number of rotatable bonds is 4. The average molecular weight is 305 g/mol. The summed E-state index contributed by atoms with van der Waals surface area (Å²) in [5.74, 6) is -0.372. The van der Waals surface area contributed by atoms with Gasteiger partial charge in [0.25, 0.3) is 0 Å². The van der Waals surface area contributed by atoms with Crippen molar-refractivity contribution in [2.24, 2.45) is 0 Å². The van der Waals surface area contributed by atoms with Gasteiger partial charge in [0.1, 0.15) is 0 Å². The minimum atomic E-state index is -0.372. The van der Waals surface area contributed by atoms with Crippen LogP contribution in [0, 0.1) is 6.92 Å². The van der Waals surface area contributed by atoms with Crippen LogP contribution in [0.2, 0.25) is 5.02 Å². The Kier molecular flexibility index (Phi) is 4.70. The molecule has 0 fully saturated rings. The van der Waals surface area contributed by atoms with Crippen molar-refractivity contribution >= 4 is 34.6 Å². The van der Waals surface area contributed by atoms with Gasteiger partial charge >= 0.3 is 5.97 Å². The molecule has 0 aliphatic rings. The number of benzene rings is 2. The van der Waals surface area contributed by atoms with Crippen LogP contribution < -0.4 is 11.1 Å². The molecule has 3 N–H and O–H groups in total. The molecule has 0 bridgehead atoms. The second-order valence-corrected chi connectivity index (χ2v) is 4.97. The van der Waals surface area contributed by atoms with E-state index in [-0.39, 0.29) is 5.97 Å². The summed E-state index contributed by atoms with van der Waals surface area (Å²) in [4.78, 5) is 11.8. The molecule has 0 atom stereocenters. The van der Waals surface area contributed by atoms with E-state index < -0.39 is 0 Å². The quantitative estimate of drug-likeness (QED) is 0.658. The summed E-state index contributed by atoms with van der Waals surface area (Å²) in [5, 5.41) is 3.87. The van der Waals surface area contributed by atoms with Crippen molar-refractivity contribution in [1.82, 2.24) is 0 Å². The van der Waals surface area contributed by atoms with Crippen LogP contribution in [0.4, 0.5) is 17.1 Å². The molecule has 2 rings (SSSR count). The van der Waals surface area contributed by atoms with Crippen molar-refractivity contribution in [1.29, 1.82) is 0 Å². The molecule has 0 amide bonds. The lowest BCUT2D eigenvalue weighted by atomic mass is 10.1. The number of nitrogen functional groups attached to an aromatic ring is 1. The van der Waals surface area contributed by atoms with Gasteiger partial charge < -0.3 is 15.8 Å². The number of ether oxygens (including phenoxy) is 1. The number of carbonyl (C=O) groups excluding carboxylic acids is 1. The maximum Gasteiger partial charge on any atom is 0.338 e. The molecule has 0 spiro atoms. The monoisotopic (exact) mass is 304 g/mol. The molecule has 0 radical (unpaired) electrons. The zero-order valence-electron chi connectivity index (χ0n) is 11.9. The number of carbonyl (C=O) groups is 1. The van der Waals surface area contributed by atoms with Crippen molar-refractivity contribution in [3.8, 4) is 0 Å². The molecular weight excluding hydrogens is 288 g/mol. The molecule has 0 aliphatic heterocycles. The van der Waals surface area contributed by atoms with Crippen LogP contribution in [0.3, 0.4) is 0 Å². The zero-order valence-corrected chi connectivity index (χ0v) is 12.7. The number of nitrogens with one attached hydrogen (secondary N) is 1. The first-order valence-electron chi connectivity index (χ1n) is 6.61. The lowest BCUT2D eigenvalue weighted by molar-refractivity contribution is 0.0526. The van der Waals surface area contributed by atoms with Crippen molar-refractivity contribution in [2.75, 3.05) is 17.7 Å². The number of anilines is 3. The van der Waals surface area contributed by atoms with E-state index in [0.717, 1.165) is 11.3 Å². The minimum absolute atomic E-state index is 0.333. The van der Waals surface area contributed by atoms with Gasteiger partial charge in [-0.1, -0.05) is 17.7 Å². The van der Waals surface area contributed by atoms with Gasteiger partial charge in [0.15, 0.2) is 0 Å². The van der Waals surface area contributed by atoms with E-state index in [1.54, 1.807) is 25.1 Å².